The van der Waals surface area contributed by atoms with E-state index in [1.54, 1.807) is 0 Å². The predicted octanol–water partition coefficient (Wildman–Crippen LogP) is 1.94. The average molecular weight is 504 g/mol. The van der Waals surface area contributed by atoms with Crippen LogP contribution in [0.1, 0.15) is 47.0 Å². The van der Waals surface area contributed by atoms with Gasteiger partial charge in [0.05, 0.1) is 12.4 Å². The fourth-order valence-corrected chi connectivity index (χ4v) is 3.61. The van der Waals surface area contributed by atoms with Gasteiger partial charge in [0, 0.05) is 38.7 Å². The van der Waals surface area contributed by atoms with Gasteiger partial charge in [-0.25, -0.2) is 13.1 Å². The summed E-state index contributed by atoms with van der Waals surface area (Å²) in [6, 6.07) is 0. The standard InChI is InChI=1S/C17H36N4O3S.HI/c1-6-18-16(19-10-8-11-21-25(5,22)23)20-13-14-9-7-12-24-15(14)17(2,3)4;/h14-15,21H,6-13H2,1-5H3,(H2,18,19,20);1H. The van der Waals surface area contributed by atoms with Gasteiger partial charge in [-0.3, -0.25) is 4.99 Å². The molecule has 1 saturated heterocycles. The summed E-state index contributed by atoms with van der Waals surface area (Å²) in [5, 5.41) is 6.51. The molecule has 0 spiro atoms. The van der Waals surface area contributed by atoms with Crippen molar-refractivity contribution < 1.29 is 13.2 Å². The fourth-order valence-electron chi connectivity index (χ4n) is 3.09. The van der Waals surface area contributed by atoms with Crippen LogP contribution in [0, 0.1) is 11.3 Å². The second-order valence-corrected chi connectivity index (χ2v) is 9.56. The molecule has 0 aromatic carbocycles. The molecule has 2 atom stereocenters. The summed E-state index contributed by atoms with van der Waals surface area (Å²) in [4.78, 5) is 4.72. The highest BCUT2D eigenvalue weighted by molar-refractivity contribution is 14.0. The van der Waals surface area contributed by atoms with Crippen molar-refractivity contribution in [2.24, 2.45) is 16.3 Å². The first-order valence-corrected chi connectivity index (χ1v) is 11.1. The molecule has 3 N–H and O–H groups in total. The molecule has 0 radical (unpaired) electrons. The van der Waals surface area contributed by atoms with Crippen LogP contribution in [0.2, 0.25) is 0 Å². The third-order valence-corrected chi connectivity index (χ3v) is 4.87. The van der Waals surface area contributed by atoms with Gasteiger partial charge in [-0.2, -0.15) is 0 Å². The van der Waals surface area contributed by atoms with E-state index in [9.17, 15) is 8.42 Å². The maximum atomic E-state index is 11.0. The number of hydrogen-bond donors (Lipinski definition) is 3. The highest BCUT2D eigenvalue weighted by atomic mass is 127. The van der Waals surface area contributed by atoms with Gasteiger partial charge in [-0.05, 0) is 31.6 Å². The van der Waals surface area contributed by atoms with E-state index < -0.39 is 10.0 Å². The van der Waals surface area contributed by atoms with Gasteiger partial charge in [0.15, 0.2) is 5.96 Å². The van der Waals surface area contributed by atoms with Crippen molar-refractivity contribution in [1.82, 2.24) is 15.4 Å². The Hall–Kier alpha value is -0.130. The van der Waals surface area contributed by atoms with Crippen molar-refractivity contribution in [2.75, 3.05) is 39.0 Å². The maximum absolute atomic E-state index is 11.0. The van der Waals surface area contributed by atoms with Crippen molar-refractivity contribution in [3.8, 4) is 0 Å². The van der Waals surface area contributed by atoms with Crippen LogP contribution in [0.4, 0.5) is 0 Å². The van der Waals surface area contributed by atoms with Crippen molar-refractivity contribution in [1.29, 1.82) is 0 Å². The van der Waals surface area contributed by atoms with E-state index in [-0.39, 0.29) is 35.5 Å². The zero-order valence-electron chi connectivity index (χ0n) is 16.8. The van der Waals surface area contributed by atoms with E-state index in [4.69, 9.17) is 9.73 Å². The van der Waals surface area contributed by atoms with Crippen LogP contribution in [0.3, 0.4) is 0 Å². The molecule has 0 bridgehead atoms. The highest BCUT2D eigenvalue weighted by Gasteiger charge is 2.35. The molecule has 0 aliphatic carbocycles. The van der Waals surface area contributed by atoms with Gasteiger partial charge in [0.1, 0.15) is 0 Å². The summed E-state index contributed by atoms with van der Waals surface area (Å²) in [5.74, 6) is 1.20. The topological polar surface area (TPSA) is 91.8 Å². The predicted molar refractivity (Wildman–Crippen MR) is 119 cm³/mol. The monoisotopic (exact) mass is 504 g/mol. The lowest BCUT2D eigenvalue weighted by Gasteiger charge is -2.39. The number of ether oxygens (including phenoxy) is 1. The average Bonchev–Trinajstić information content (AvgIpc) is 2.50. The van der Waals surface area contributed by atoms with E-state index in [2.05, 4.69) is 36.1 Å². The number of nitrogens with one attached hydrogen (secondary N) is 3. The Morgan fingerprint density at radius 3 is 2.50 bits per heavy atom. The minimum absolute atomic E-state index is 0. The van der Waals surface area contributed by atoms with Gasteiger partial charge in [0.25, 0.3) is 0 Å². The van der Waals surface area contributed by atoms with E-state index in [1.165, 1.54) is 6.26 Å². The van der Waals surface area contributed by atoms with Crippen LogP contribution in [0.15, 0.2) is 4.99 Å². The number of rotatable bonds is 8. The van der Waals surface area contributed by atoms with E-state index in [1.807, 2.05) is 6.92 Å². The molecule has 7 nitrogen and oxygen atoms in total. The second kappa shape index (κ2) is 12.4. The molecule has 26 heavy (non-hydrogen) atoms. The van der Waals surface area contributed by atoms with Gasteiger partial charge in [0.2, 0.25) is 10.0 Å². The van der Waals surface area contributed by atoms with E-state index >= 15 is 0 Å². The van der Waals surface area contributed by atoms with Crippen molar-refractivity contribution in [3.63, 3.8) is 0 Å². The summed E-state index contributed by atoms with van der Waals surface area (Å²) in [6.07, 6.45) is 4.34. The normalized spacial score (nSPS) is 21.8. The third-order valence-electron chi connectivity index (χ3n) is 4.14. The van der Waals surface area contributed by atoms with Crippen LogP contribution in [-0.2, 0) is 14.8 Å². The molecule has 0 amide bonds. The first-order chi connectivity index (χ1) is 11.6. The lowest BCUT2D eigenvalue weighted by atomic mass is 9.78. The first kappa shape index (κ1) is 25.9. The smallest absolute Gasteiger partial charge is 0.208 e. The van der Waals surface area contributed by atoms with Crippen molar-refractivity contribution in [2.45, 2.75) is 53.1 Å². The molecule has 156 valence electrons. The molecule has 1 fully saturated rings. The Kier molecular flexibility index (Phi) is 12.3. The molecule has 1 aliphatic rings. The van der Waals surface area contributed by atoms with Gasteiger partial charge >= 0.3 is 0 Å². The number of nitrogens with zero attached hydrogens (tertiary/aromatic N) is 1. The third kappa shape index (κ3) is 10.9. The molecule has 2 unspecified atom stereocenters. The number of guanidine groups is 1. The van der Waals surface area contributed by atoms with E-state index in [0.717, 1.165) is 38.5 Å². The zero-order valence-corrected chi connectivity index (χ0v) is 19.9. The number of hydrogen-bond acceptors (Lipinski definition) is 4. The molecular formula is C17H37IN4O3S. The van der Waals surface area contributed by atoms with Gasteiger partial charge in [-0.15, -0.1) is 24.0 Å². The Morgan fingerprint density at radius 2 is 1.92 bits per heavy atom. The van der Waals surface area contributed by atoms with E-state index in [0.29, 0.717) is 25.4 Å². The summed E-state index contributed by atoms with van der Waals surface area (Å²) in [5.41, 5.74) is 0.115. The number of sulfonamides is 1. The highest BCUT2D eigenvalue weighted by Crippen LogP contribution is 2.34. The minimum atomic E-state index is -3.12. The van der Waals surface area contributed by atoms with Gasteiger partial charge < -0.3 is 15.4 Å². The van der Waals surface area contributed by atoms with Crippen LogP contribution in [0.25, 0.3) is 0 Å². The Labute approximate surface area is 176 Å². The summed E-state index contributed by atoms with van der Waals surface area (Å²) in [6.45, 7) is 12.1. The second-order valence-electron chi connectivity index (χ2n) is 7.73. The van der Waals surface area contributed by atoms with Crippen LogP contribution >= 0.6 is 24.0 Å². The van der Waals surface area contributed by atoms with Crippen LogP contribution < -0.4 is 15.4 Å². The van der Waals surface area contributed by atoms with Crippen molar-refractivity contribution >= 4 is 40.0 Å². The molecule has 1 aliphatic heterocycles. The lowest BCUT2D eigenvalue weighted by molar-refractivity contribution is -0.0823. The Bertz CT molecular complexity index is 521. The molecule has 0 saturated carbocycles. The van der Waals surface area contributed by atoms with Crippen molar-refractivity contribution in [3.05, 3.63) is 0 Å². The largest absolute Gasteiger partial charge is 0.377 e. The lowest BCUT2D eigenvalue weighted by Crippen LogP contribution is -2.43. The molecule has 1 heterocycles. The quantitative estimate of drug-likeness (QED) is 0.204. The molecule has 0 aromatic heterocycles. The summed E-state index contributed by atoms with van der Waals surface area (Å²) >= 11 is 0. The van der Waals surface area contributed by atoms with Crippen LogP contribution in [-0.4, -0.2) is 59.5 Å². The Morgan fingerprint density at radius 1 is 1.23 bits per heavy atom. The molecule has 0 aromatic rings. The first-order valence-electron chi connectivity index (χ1n) is 9.22. The number of aliphatic imine (C=N–C) groups is 1. The fraction of sp³-hybridized carbons (Fsp3) is 0.941. The van der Waals surface area contributed by atoms with Gasteiger partial charge in [-0.1, -0.05) is 20.8 Å². The maximum Gasteiger partial charge on any atom is 0.208 e. The SMILES string of the molecule is CCNC(=NCC1CCCOC1C(C)(C)C)NCCCNS(C)(=O)=O.I. The number of halogens is 1. The molecule has 1 rings (SSSR count). The minimum Gasteiger partial charge on any atom is -0.377 e. The summed E-state index contributed by atoms with van der Waals surface area (Å²) in [7, 11) is -3.12. The molecular weight excluding hydrogens is 467 g/mol. The van der Waals surface area contributed by atoms with Crippen LogP contribution in [0.5, 0.6) is 0 Å². The molecule has 9 heteroatoms. The Balaban J connectivity index is 0.00000625. The summed E-state index contributed by atoms with van der Waals surface area (Å²) < 4.78 is 30.6. The zero-order chi connectivity index (χ0) is 18.9.